The normalized spacial score (nSPS) is 14.1. The molecule has 0 amide bonds. The number of alkyl halides is 2. The average Bonchev–Trinajstić information content (AvgIpc) is 2.00. The van der Waals surface area contributed by atoms with E-state index >= 15 is 0 Å². The molecule has 1 atom stereocenters. The molecule has 0 radical (unpaired) electrons. The van der Waals surface area contributed by atoms with Gasteiger partial charge in [0.1, 0.15) is 0 Å². The summed E-state index contributed by atoms with van der Waals surface area (Å²) in [6.07, 6.45) is -1.31. The van der Waals surface area contributed by atoms with Crippen LogP contribution in [0.3, 0.4) is 0 Å². The molecule has 0 aromatic carbocycles. The zero-order valence-electron chi connectivity index (χ0n) is 8.69. The quantitative estimate of drug-likeness (QED) is 0.662. The highest BCUT2D eigenvalue weighted by molar-refractivity contribution is 4.62. The summed E-state index contributed by atoms with van der Waals surface area (Å²) in [4.78, 5) is 1.67. The van der Waals surface area contributed by atoms with Crippen molar-refractivity contribution in [2.24, 2.45) is 0 Å². The molecule has 2 nitrogen and oxygen atoms in total. The standard InChI is InChI=1S/C9H20F2N2/c1-4-12-8(2)5-6-13(3)7-9(10)11/h8-9,12H,4-7H2,1-3H3. The molecule has 13 heavy (non-hydrogen) atoms. The van der Waals surface area contributed by atoms with Crippen LogP contribution in [0.1, 0.15) is 20.3 Å². The number of nitrogens with zero attached hydrogens (tertiary/aromatic N) is 1. The predicted molar refractivity (Wildman–Crippen MR) is 51.3 cm³/mol. The van der Waals surface area contributed by atoms with Gasteiger partial charge in [-0.1, -0.05) is 6.92 Å². The maximum Gasteiger partial charge on any atom is 0.251 e. The summed E-state index contributed by atoms with van der Waals surface area (Å²) in [7, 11) is 1.73. The lowest BCUT2D eigenvalue weighted by molar-refractivity contribution is 0.0987. The molecule has 0 aliphatic carbocycles. The van der Waals surface area contributed by atoms with Crippen LogP contribution >= 0.6 is 0 Å². The molecule has 0 saturated heterocycles. The van der Waals surface area contributed by atoms with Crippen LogP contribution in [0.2, 0.25) is 0 Å². The summed E-state index contributed by atoms with van der Waals surface area (Å²) in [5.41, 5.74) is 0. The summed E-state index contributed by atoms with van der Waals surface area (Å²) in [5, 5.41) is 3.24. The van der Waals surface area contributed by atoms with Crippen LogP contribution in [0, 0.1) is 0 Å². The van der Waals surface area contributed by atoms with Gasteiger partial charge in [0.15, 0.2) is 0 Å². The molecule has 1 unspecified atom stereocenters. The topological polar surface area (TPSA) is 15.3 Å². The maximum atomic E-state index is 11.9. The van der Waals surface area contributed by atoms with Crippen LogP contribution < -0.4 is 5.32 Å². The Morgan fingerprint density at radius 2 is 2.00 bits per heavy atom. The first-order valence-corrected chi connectivity index (χ1v) is 4.76. The van der Waals surface area contributed by atoms with Gasteiger partial charge >= 0.3 is 0 Å². The molecular formula is C9H20F2N2. The fourth-order valence-corrected chi connectivity index (χ4v) is 1.19. The van der Waals surface area contributed by atoms with E-state index in [1.54, 1.807) is 11.9 Å². The van der Waals surface area contributed by atoms with Crippen LogP contribution in [0.4, 0.5) is 8.78 Å². The number of hydrogen-bond donors (Lipinski definition) is 1. The minimum Gasteiger partial charge on any atom is -0.314 e. The molecule has 0 aromatic rings. The first-order valence-electron chi connectivity index (χ1n) is 4.76. The van der Waals surface area contributed by atoms with Gasteiger partial charge in [-0.3, -0.25) is 0 Å². The molecule has 0 bridgehead atoms. The Hall–Kier alpha value is -0.220. The Bertz CT molecular complexity index is 120. The largest absolute Gasteiger partial charge is 0.314 e. The van der Waals surface area contributed by atoms with Crippen molar-refractivity contribution in [1.29, 1.82) is 0 Å². The van der Waals surface area contributed by atoms with E-state index in [4.69, 9.17) is 0 Å². The minimum absolute atomic E-state index is 0.126. The molecule has 0 spiro atoms. The van der Waals surface area contributed by atoms with E-state index in [0.717, 1.165) is 19.5 Å². The zero-order valence-corrected chi connectivity index (χ0v) is 8.69. The maximum absolute atomic E-state index is 11.9. The highest BCUT2D eigenvalue weighted by Gasteiger charge is 2.08. The zero-order chi connectivity index (χ0) is 10.3. The Morgan fingerprint density at radius 3 is 2.46 bits per heavy atom. The number of halogens is 2. The van der Waals surface area contributed by atoms with Crippen LogP contribution in [0.5, 0.6) is 0 Å². The molecule has 0 aliphatic rings. The summed E-state index contributed by atoms with van der Waals surface area (Å²) in [6, 6.07) is 0.408. The Morgan fingerprint density at radius 1 is 1.38 bits per heavy atom. The van der Waals surface area contributed by atoms with Crippen molar-refractivity contribution in [3.63, 3.8) is 0 Å². The molecular weight excluding hydrogens is 174 g/mol. The Balaban J connectivity index is 3.40. The average molecular weight is 194 g/mol. The second-order valence-corrected chi connectivity index (χ2v) is 3.40. The molecule has 0 aromatic heterocycles. The van der Waals surface area contributed by atoms with E-state index in [0.29, 0.717) is 6.04 Å². The summed E-state index contributed by atoms with van der Waals surface area (Å²) >= 11 is 0. The summed E-state index contributed by atoms with van der Waals surface area (Å²) in [5.74, 6) is 0. The van der Waals surface area contributed by atoms with Gasteiger partial charge in [-0.25, -0.2) is 8.78 Å². The Kier molecular flexibility index (Phi) is 7.09. The van der Waals surface area contributed by atoms with Crippen molar-refractivity contribution >= 4 is 0 Å². The monoisotopic (exact) mass is 194 g/mol. The molecule has 80 valence electrons. The summed E-state index contributed by atoms with van der Waals surface area (Å²) in [6.45, 7) is 5.64. The van der Waals surface area contributed by atoms with Gasteiger partial charge in [0.25, 0.3) is 6.43 Å². The van der Waals surface area contributed by atoms with Crippen LogP contribution in [0.25, 0.3) is 0 Å². The van der Waals surface area contributed by atoms with Crippen molar-refractivity contribution in [1.82, 2.24) is 10.2 Å². The number of hydrogen-bond acceptors (Lipinski definition) is 2. The van der Waals surface area contributed by atoms with Gasteiger partial charge in [0.2, 0.25) is 0 Å². The van der Waals surface area contributed by atoms with Gasteiger partial charge < -0.3 is 10.2 Å². The molecule has 0 fully saturated rings. The van der Waals surface area contributed by atoms with E-state index in [1.165, 1.54) is 0 Å². The van der Waals surface area contributed by atoms with E-state index in [9.17, 15) is 8.78 Å². The highest BCUT2D eigenvalue weighted by atomic mass is 19.3. The minimum atomic E-state index is -2.22. The summed E-state index contributed by atoms with van der Waals surface area (Å²) < 4.78 is 23.8. The molecule has 0 saturated carbocycles. The molecule has 0 heterocycles. The Labute approximate surface area is 79.3 Å². The second-order valence-electron chi connectivity index (χ2n) is 3.40. The molecule has 1 N–H and O–H groups in total. The van der Waals surface area contributed by atoms with Crippen LogP contribution in [-0.4, -0.2) is 44.0 Å². The first kappa shape index (κ1) is 12.8. The van der Waals surface area contributed by atoms with Gasteiger partial charge in [0, 0.05) is 6.04 Å². The lowest BCUT2D eigenvalue weighted by Crippen LogP contribution is -2.32. The number of nitrogens with one attached hydrogen (secondary N) is 1. The van der Waals surface area contributed by atoms with E-state index in [-0.39, 0.29) is 6.54 Å². The third-order valence-electron chi connectivity index (χ3n) is 1.95. The van der Waals surface area contributed by atoms with Crippen LogP contribution in [-0.2, 0) is 0 Å². The molecule has 0 aliphatic heterocycles. The van der Waals surface area contributed by atoms with Crippen molar-refractivity contribution in [3.8, 4) is 0 Å². The fraction of sp³-hybridized carbons (Fsp3) is 1.00. The smallest absolute Gasteiger partial charge is 0.251 e. The predicted octanol–water partition coefficient (Wildman–Crippen LogP) is 1.57. The van der Waals surface area contributed by atoms with E-state index in [1.807, 2.05) is 6.92 Å². The van der Waals surface area contributed by atoms with Crippen molar-refractivity contribution in [3.05, 3.63) is 0 Å². The molecule has 4 heteroatoms. The van der Waals surface area contributed by atoms with Crippen LogP contribution in [0.15, 0.2) is 0 Å². The van der Waals surface area contributed by atoms with E-state index in [2.05, 4.69) is 12.2 Å². The van der Waals surface area contributed by atoms with Gasteiger partial charge in [-0.2, -0.15) is 0 Å². The third kappa shape index (κ3) is 8.12. The second kappa shape index (κ2) is 7.21. The van der Waals surface area contributed by atoms with E-state index < -0.39 is 6.43 Å². The lowest BCUT2D eigenvalue weighted by atomic mass is 10.2. The number of rotatable bonds is 7. The fourth-order valence-electron chi connectivity index (χ4n) is 1.19. The molecule has 0 rings (SSSR count). The third-order valence-corrected chi connectivity index (χ3v) is 1.95. The van der Waals surface area contributed by atoms with Crippen molar-refractivity contribution in [2.45, 2.75) is 32.7 Å². The van der Waals surface area contributed by atoms with Gasteiger partial charge in [-0.05, 0) is 33.5 Å². The highest BCUT2D eigenvalue weighted by Crippen LogP contribution is 1.98. The van der Waals surface area contributed by atoms with Crippen molar-refractivity contribution in [2.75, 3.05) is 26.7 Å². The van der Waals surface area contributed by atoms with Gasteiger partial charge in [-0.15, -0.1) is 0 Å². The lowest BCUT2D eigenvalue weighted by Gasteiger charge is -2.19. The van der Waals surface area contributed by atoms with Gasteiger partial charge in [0.05, 0.1) is 6.54 Å². The van der Waals surface area contributed by atoms with Crippen molar-refractivity contribution < 1.29 is 8.78 Å². The first-order chi connectivity index (χ1) is 6.06. The SMILES string of the molecule is CCNC(C)CCN(C)CC(F)F.